The van der Waals surface area contributed by atoms with E-state index in [1.165, 1.54) is 6.26 Å². The highest BCUT2D eigenvalue weighted by Gasteiger charge is 2.29. The van der Waals surface area contributed by atoms with E-state index in [-0.39, 0.29) is 33.2 Å². The molecule has 4 heteroatoms. The second kappa shape index (κ2) is 8.96. The van der Waals surface area contributed by atoms with Crippen molar-refractivity contribution >= 4 is 10.0 Å². The molecule has 0 saturated heterocycles. The van der Waals surface area contributed by atoms with Gasteiger partial charge in [0.15, 0.2) is 0 Å². The predicted molar refractivity (Wildman–Crippen MR) is 90.2 cm³/mol. The zero-order valence-electron chi connectivity index (χ0n) is 11.8. The molecule has 0 saturated carbocycles. The second-order valence-corrected chi connectivity index (χ2v) is 8.58. The van der Waals surface area contributed by atoms with Gasteiger partial charge in [0.25, 0.3) is 0 Å². The van der Waals surface area contributed by atoms with E-state index in [0.29, 0.717) is 6.54 Å². The van der Waals surface area contributed by atoms with Gasteiger partial charge in [0.05, 0.1) is 6.26 Å². The average molecular weight is 298 g/mol. The lowest BCUT2D eigenvalue weighted by molar-refractivity contribution is 0.233. The van der Waals surface area contributed by atoms with Gasteiger partial charge in [0.1, 0.15) is 0 Å². The maximum absolute atomic E-state index is 11.7. The minimum Gasteiger partial charge on any atom is -0.212 e. The first-order valence-electron chi connectivity index (χ1n) is 5.82. The van der Waals surface area contributed by atoms with E-state index in [2.05, 4.69) is 20.8 Å². The van der Waals surface area contributed by atoms with Crippen molar-refractivity contribution < 1.29 is 8.42 Å². The van der Waals surface area contributed by atoms with Gasteiger partial charge in [-0.25, -0.2) is 8.42 Å². The molecule has 0 spiro atoms. The summed E-state index contributed by atoms with van der Waals surface area (Å²) in [6.07, 6.45) is 3.23. The zero-order valence-corrected chi connectivity index (χ0v) is 12.6. The molecule has 0 heterocycles. The molecule has 0 aromatic heterocycles. The highest BCUT2D eigenvalue weighted by atomic mass is 32.2. The molecule has 0 aromatic rings. The molecule has 0 radical (unpaired) electrons. The molecule has 0 aliphatic carbocycles. The smallest absolute Gasteiger partial charge is 0.211 e. The van der Waals surface area contributed by atoms with Gasteiger partial charge in [0, 0.05) is 12.1 Å². The summed E-state index contributed by atoms with van der Waals surface area (Å²) in [5.74, 6) is 0. The summed E-state index contributed by atoms with van der Waals surface area (Å²) in [5.41, 5.74) is -0.0630. The van der Waals surface area contributed by atoms with Crippen molar-refractivity contribution in [2.24, 2.45) is 5.41 Å². The Labute approximate surface area is 123 Å². The van der Waals surface area contributed by atoms with Crippen molar-refractivity contribution in [2.45, 2.75) is 82.2 Å². The Morgan fingerprint density at radius 2 is 1.26 bits per heavy atom. The number of sulfonamides is 1. The highest BCUT2D eigenvalue weighted by Crippen LogP contribution is 2.23. The third-order valence-corrected chi connectivity index (χ3v) is 3.97. The monoisotopic (exact) mass is 297 g/mol. The van der Waals surface area contributed by atoms with Gasteiger partial charge in [-0.2, -0.15) is 4.31 Å². The van der Waals surface area contributed by atoms with Crippen molar-refractivity contribution in [1.29, 1.82) is 0 Å². The van der Waals surface area contributed by atoms with Crippen LogP contribution in [0.15, 0.2) is 0 Å². The minimum atomic E-state index is -3.11. The van der Waals surface area contributed by atoms with Crippen LogP contribution in [0.4, 0.5) is 0 Å². The molecule has 0 N–H and O–H groups in total. The standard InChI is InChI=1S/C12H27NO2S.3CH4/c1-11(2,3)9-8-10-13(12(4,5)6)16(7,14)15;;;/h8-10H2,1-7H3;3*1H4. The van der Waals surface area contributed by atoms with Crippen LogP contribution in [-0.4, -0.2) is 31.1 Å². The molecular weight excluding hydrogens is 258 g/mol. The molecule has 0 aliphatic rings. The number of hydrogen-bond acceptors (Lipinski definition) is 2. The summed E-state index contributed by atoms with van der Waals surface area (Å²) in [6.45, 7) is 12.9. The summed E-state index contributed by atoms with van der Waals surface area (Å²) < 4.78 is 24.9. The lowest BCUT2D eigenvalue weighted by Crippen LogP contribution is -2.45. The van der Waals surface area contributed by atoms with Crippen LogP contribution in [-0.2, 0) is 10.0 Å². The van der Waals surface area contributed by atoms with Crippen LogP contribution in [0.2, 0.25) is 0 Å². The second-order valence-electron chi connectivity index (χ2n) is 6.67. The number of nitrogens with zero attached hydrogens (tertiary/aromatic N) is 1. The van der Waals surface area contributed by atoms with Gasteiger partial charge in [0.2, 0.25) is 10.0 Å². The fraction of sp³-hybridized carbons (Fsp3) is 1.00. The Morgan fingerprint density at radius 3 is 1.47 bits per heavy atom. The third kappa shape index (κ3) is 12.7. The summed E-state index contributed by atoms with van der Waals surface area (Å²) >= 11 is 0. The van der Waals surface area contributed by atoms with Crippen molar-refractivity contribution in [1.82, 2.24) is 4.31 Å². The summed E-state index contributed by atoms with van der Waals surface area (Å²) in [4.78, 5) is 0. The van der Waals surface area contributed by atoms with Gasteiger partial charge in [-0.3, -0.25) is 0 Å². The Bertz CT molecular complexity index is 308. The molecule has 0 unspecified atom stereocenters. The average Bonchev–Trinajstić information content (AvgIpc) is 1.90. The molecule has 0 atom stereocenters. The van der Waals surface area contributed by atoms with Crippen molar-refractivity contribution in [3.63, 3.8) is 0 Å². The molecule has 0 aromatic carbocycles. The largest absolute Gasteiger partial charge is 0.212 e. The minimum absolute atomic E-state index is 0. The quantitative estimate of drug-likeness (QED) is 0.748. The van der Waals surface area contributed by atoms with Gasteiger partial charge in [-0.1, -0.05) is 43.1 Å². The van der Waals surface area contributed by atoms with Crippen molar-refractivity contribution in [3.8, 4) is 0 Å². The van der Waals surface area contributed by atoms with Gasteiger partial charge < -0.3 is 0 Å². The van der Waals surface area contributed by atoms with Crippen molar-refractivity contribution in [2.75, 3.05) is 12.8 Å². The Hall–Kier alpha value is -0.0900. The lowest BCUT2D eigenvalue weighted by Gasteiger charge is -2.34. The maximum atomic E-state index is 11.7. The lowest BCUT2D eigenvalue weighted by atomic mass is 9.90. The molecule has 3 nitrogen and oxygen atoms in total. The van der Waals surface area contributed by atoms with Crippen LogP contribution in [0.1, 0.15) is 76.7 Å². The normalized spacial score (nSPS) is 12.2. The first-order chi connectivity index (χ1) is 6.84. The fourth-order valence-corrected chi connectivity index (χ4v) is 3.21. The maximum Gasteiger partial charge on any atom is 0.211 e. The predicted octanol–water partition coefficient (Wildman–Crippen LogP) is 4.78. The highest BCUT2D eigenvalue weighted by molar-refractivity contribution is 7.88. The van der Waals surface area contributed by atoms with Gasteiger partial charge in [-0.15, -0.1) is 0 Å². The Kier molecular flexibility index (Phi) is 12.9. The van der Waals surface area contributed by atoms with E-state index in [9.17, 15) is 8.42 Å². The first-order valence-corrected chi connectivity index (χ1v) is 7.67. The molecule has 0 aliphatic heterocycles. The first kappa shape index (κ1) is 27.3. The number of rotatable bonds is 4. The Morgan fingerprint density at radius 1 is 0.895 bits per heavy atom. The van der Waals surface area contributed by atoms with Crippen LogP contribution in [0, 0.1) is 5.41 Å². The molecule has 0 bridgehead atoms. The summed E-state index contributed by atoms with van der Waals surface area (Å²) in [5, 5.41) is 0. The van der Waals surface area contributed by atoms with E-state index in [1.807, 2.05) is 20.8 Å². The molecule has 0 fully saturated rings. The SMILES string of the molecule is C.C.C.CC(C)(C)CCCN(C(C)(C)C)S(C)(=O)=O. The van der Waals surface area contributed by atoms with E-state index in [1.54, 1.807) is 4.31 Å². The van der Waals surface area contributed by atoms with Gasteiger partial charge >= 0.3 is 0 Å². The number of hydrogen-bond donors (Lipinski definition) is 0. The van der Waals surface area contributed by atoms with E-state index in [0.717, 1.165) is 12.8 Å². The topological polar surface area (TPSA) is 37.4 Å². The molecular formula is C15H39NO2S. The van der Waals surface area contributed by atoms with Crippen LogP contribution in [0.3, 0.4) is 0 Å². The van der Waals surface area contributed by atoms with Crippen LogP contribution >= 0.6 is 0 Å². The van der Waals surface area contributed by atoms with E-state index in [4.69, 9.17) is 0 Å². The summed E-state index contributed by atoms with van der Waals surface area (Å²) in [7, 11) is -3.11. The molecule has 0 rings (SSSR count). The van der Waals surface area contributed by atoms with Crippen LogP contribution < -0.4 is 0 Å². The Balaban J connectivity index is -0.000000375. The fourth-order valence-electron chi connectivity index (χ4n) is 1.75. The molecule has 122 valence electrons. The molecule has 19 heavy (non-hydrogen) atoms. The summed E-state index contributed by atoms with van der Waals surface area (Å²) in [6, 6.07) is 0. The van der Waals surface area contributed by atoms with E-state index < -0.39 is 10.0 Å². The van der Waals surface area contributed by atoms with Crippen LogP contribution in [0.5, 0.6) is 0 Å². The van der Waals surface area contributed by atoms with Crippen molar-refractivity contribution in [3.05, 3.63) is 0 Å². The van der Waals surface area contributed by atoms with E-state index >= 15 is 0 Å². The third-order valence-electron chi connectivity index (χ3n) is 2.44. The zero-order chi connectivity index (χ0) is 13.2. The van der Waals surface area contributed by atoms with Crippen LogP contribution in [0.25, 0.3) is 0 Å². The van der Waals surface area contributed by atoms with Gasteiger partial charge in [-0.05, 0) is 39.0 Å². The molecule has 0 amide bonds.